The third-order valence-corrected chi connectivity index (χ3v) is 2.79. The maximum absolute atomic E-state index is 6.01. The van der Waals surface area contributed by atoms with Crippen LogP contribution in [0, 0.1) is 0 Å². The van der Waals surface area contributed by atoms with Crippen molar-refractivity contribution in [3.8, 4) is 0 Å². The average molecular weight is 227 g/mol. The molecule has 0 radical (unpaired) electrons. The van der Waals surface area contributed by atoms with Gasteiger partial charge in [0, 0.05) is 10.1 Å². The molecule has 0 nitrogen and oxygen atoms in total. The van der Waals surface area contributed by atoms with Gasteiger partial charge in [0.15, 0.2) is 0 Å². The van der Waals surface area contributed by atoms with E-state index in [9.17, 15) is 0 Å². The average Bonchev–Trinajstić information content (AvgIpc) is 2.27. The molecule has 0 heterocycles. The smallest absolute Gasteiger partial charge is 0.0435 e. The van der Waals surface area contributed by atoms with Crippen LogP contribution in [-0.4, -0.2) is 0 Å². The maximum Gasteiger partial charge on any atom is 0.0435 e. The Morgan fingerprint density at radius 3 is 1.79 bits per heavy atom. The van der Waals surface area contributed by atoms with Crippen molar-refractivity contribution in [2.45, 2.75) is 13.8 Å². The van der Waals surface area contributed by atoms with Crippen molar-refractivity contribution in [2.24, 2.45) is 0 Å². The van der Waals surface area contributed by atoms with Gasteiger partial charge in [0.1, 0.15) is 0 Å². The first-order valence-electron chi connectivity index (χ1n) is 4.43. The first kappa shape index (κ1) is 11.4. The second-order valence-electron chi connectivity index (χ2n) is 2.85. The maximum atomic E-state index is 6.01. The van der Waals surface area contributed by atoms with Gasteiger partial charge in [0.05, 0.1) is 0 Å². The number of hydrogen-bond donors (Lipinski definition) is 0. The van der Waals surface area contributed by atoms with E-state index in [4.69, 9.17) is 23.2 Å². The molecule has 0 bridgehead atoms. The van der Waals surface area contributed by atoms with E-state index in [-0.39, 0.29) is 0 Å². The molecule has 2 heteroatoms. The summed E-state index contributed by atoms with van der Waals surface area (Å²) in [5.74, 6) is 0. The Balaban J connectivity index is 3.14. The van der Waals surface area contributed by atoms with Gasteiger partial charge in [0.25, 0.3) is 0 Å². The summed E-state index contributed by atoms with van der Waals surface area (Å²) in [4.78, 5) is 0. The third-order valence-electron chi connectivity index (χ3n) is 1.92. The molecule has 0 N–H and O–H groups in total. The van der Waals surface area contributed by atoms with Gasteiger partial charge in [-0.05, 0) is 31.0 Å². The Hall–Kier alpha value is -0.720. The fraction of sp³-hybridized carbons (Fsp3) is 0.167. The summed E-state index contributed by atoms with van der Waals surface area (Å²) >= 11 is 12.0. The normalized spacial score (nSPS) is 13.1. The molecular weight excluding hydrogens is 215 g/mol. The number of halogens is 2. The highest BCUT2D eigenvalue weighted by Gasteiger charge is 2.00. The van der Waals surface area contributed by atoms with Crippen molar-refractivity contribution in [3.63, 3.8) is 0 Å². The Labute approximate surface area is 94.8 Å². The lowest BCUT2D eigenvalue weighted by molar-refractivity contribution is 1.58. The van der Waals surface area contributed by atoms with Crippen LogP contribution in [0.2, 0.25) is 0 Å². The van der Waals surface area contributed by atoms with E-state index in [0.29, 0.717) is 0 Å². The molecule has 1 rings (SSSR count). The summed E-state index contributed by atoms with van der Waals surface area (Å²) in [6, 6.07) is 7.85. The number of rotatable bonds is 2. The molecule has 0 saturated heterocycles. The molecule has 14 heavy (non-hydrogen) atoms. The van der Waals surface area contributed by atoms with Crippen LogP contribution in [0.4, 0.5) is 0 Å². The zero-order valence-electron chi connectivity index (χ0n) is 8.22. The minimum atomic E-state index is 0.743. The molecule has 1 aromatic carbocycles. The van der Waals surface area contributed by atoms with Crippen LogP contribution in [0.5, 0.6) is 0 Å². The molecule has 0 aromatic heterocycles. The number of allylic oxidation sites excluding steroid dienone is 2. The summed E-state index contributed by atoms with van der Waals surface area (Å²) in [7, 11) is 0. The van der Waals surface area contributed by atoms with Crippen molar-refractivity contribution < 1.29 is 0 Å². The number of hydrogen-bond acceptors (Lipinski definition) is 0. The van der Waals surface area contributed by atoms with Gasteiger partial charge in [0.2, 0.25) is 0 Å². The van der Waals surface area contributed by atoms with E-state index in [1.807, 2.05) is 50.3 Å². The van der Waals surface area contributed by atoms with Crippen LogP contribution in [0.1, 0.15) is 25.0 Å². The van der Waals surface area contributed by atoms with Crippen LogP contribution < -0.4 is 0 Å². The molecule has 0 saturated carbocycles. The highest BCUT2D eigenvalue weighted by molar-refractivity contribution is 6.49. The quantitative estimate of drug-likeness (QED) is 0.674. The van der Waals surface area contributed by atoms with Crippen molar-refractivity contribution in [1.29, 1.82) is 0 Å². The zero-order valence-corrected chi connectivity index (χ0v) is 9.73. The van der Waals surface area contributed by atoms with Crippen molar-refractivity contribution in [2.75, 3.05) is 0 Å². The SMILES string of the molecule is CC=C(Cl)c1cccc(C(Cl)=CC)c1. The summed E-state index contributed by atoms with van der Waals surface area (Å²) < 4.78 is 0. The fourth-order valence-corrected chi connectivity index (χ4v) is 1.38. The first-order chi connectivity index (χ1) is 6.69. The third kappa shape index (κ3) is 2.63. The van der Waals surface area contributed by atoms with Crippen LogP contribution >= 0.6 is 23.2 Å². The van der Waals surface area contributed by atoms with Crippen molar-refractivity contribution in [1.82, 2.24) is 0 Å². The summed E-state index contributed by atoms with van der Waals surface area (Å²) in [5, 5.41) is 1.49. The molecule has 0 aliphatic rings. The van der Waals surface area contributed by atoms with Crippen molar-refractivity contribution >= 4 is 33.3 Å². The molecule has 0 amide bonds. The van der Waals surface area contributed by atoms with Crippen molar-refractivity contribution in [3.05, 3.63) is 47.5 Å². The molecule has 74 valence electrons. The van der Waals surface area contributed by atoms with E-state index in [1.54, 1.807) is 0 Å². The second kappa shape index (κ2) is 5.23. The molecule has 0 spiro atoms. The summed E-state index contributed by atoms with van der Waals surface area (Å²) in [6.07, 6.45) is 3.73. The van der Waals surface area contributed by atoms with E-state index in [1.165, 1.54) is 0 Å². The molecule has 0 fully saturated rings. The highest BCUT2D eigenvalue weighted by Crippen LogP contribution is 2.24. The highest BCUT2D eigenvalue weighted by atomic mass is 35.5. The Morgan fingerprint density at radius 1 is 1.00 bits per heavy atom. The topological polar surface area (TPSA) is 0 Å². The van der Waals surface area contributed by atoms with Gasteiger partial charge in [-0.1, -0.05) is 53.6 Å². The summed E-state index contributed by atoms with van der Waals surface area (Å²) in [5.41, 5.74) is 1.98. The minimum absolute atomic E-state index is 0.743. The summed E-state index contributed by atoms with van der Waals surface area (Å²) in [6.45, 7) is 3.82. The van der Waals surface area contributed by atoms with Crippen LogP contribution in [0.15, 0.2) is 36.4 Å². The van der Waals surface area contributed by atoms with Gasteiger partial charge in [-0.15, -0.1) is 0 Å². The second-order valence-corrected chi connectivity index (χ2v) is 3.67. The number of benzene rings is 1. The zero-order chi connectivity index (χ0) is 10.6. The largest absolute Gasteiger partial charge is 0.0840 e. The molecule has 1 aromatic rings. The molecule has 0 atom stereocenters. The van der Waals surface area contributed by atoms with Crippen LogP contribution in [0.3, 0.4) is 0 Å². The Kier molecular flexibility index (Phi) is 4.24. The van der Waals surface area contributed by atoms with Gasteiger partial charge in [-0.3, -0.25) is 0 Å². The lowest BCUT2D eigenvalue weighted by Gasteiger charge is -2.02. The monoisotopic (exact) mass is 226 g/mol. The van der Waals surface area contributed by atoms with E-state index in [0.717, 1.165) is 21.2 Å². The first-order valence-corrected chi connectivity index (χ1v) is 5.19. The van der Waals surface area contributed by atoms with Gasteiger partial charge in [-0.25, -0.2) is 0 Å². The van der Waals surface area contributed by atoms with Crippen LogP contribution in [0.25, 0.3) is 10.1 Å². The fourth-order valence-electron chi connectivity index (χ4n) is 1.15. The Morgan fingerprint density at radius 2 is 1.43 bits per heavy atom. The lowest BCUT2D eigenvalue weighted by Crippen LogP contribution is -1.81. The van der Waals surface area contributed by atoms with Gasteiger partial charge >= 0.3 is 0 Å². The molecule has 0 unspecified atom stereocenters. The Bertz CT molecular complexity index is 342. The van der Waals surface area contributed by atoms with Gasteiger partial charge < -0.3 is 0 Å². The van der Waals surface area contributed by atoms with E-state index in [2.05, 4.69) is 0 Å². The predicted molar refractivity (Wildman–Crippen MR) is 65.5 cm³/mol. The molecule has 0 aliphatic carbocycles. The lowest BCUT2D eigenvalue weighted by atomic mass is 10.1. The van der Waals surface area contributed by atoms with E-state index >= 15 is 0 Å². The predicted octanol–water partition coefficient (Wildman–Crippen LogP) is 4.89. The standard InChI is InChI=1S/C12H12Cl2/c1-3-11(13)9-6-5-7-10(8-9)12(14)4-2/h3-8H,1-2H3. The molecule has 0 aliphatic heterocycles. The van der Waals surface area contributed by atoms with Crippen LogP contribution in [-0.2, 0) is 0 Å². The van der Waals surface area contributed by atoms with E-state index < -0.39 is 0 Å². The molecular formula is C12H12Cl2. The van der Waals surface area contributed by atoms with Gasteiger partial charge in [-0.2, -0.15) is 0 Å². The minimum Gasteiger partial charge on any atom is -0.0840 e.